The van der Waals surface area contributed by atoms with Crippen LogP contribution in [0, 0.1) is 0 Å². The van der Waals surface area contributed by atoms with Gasteiger partial charge in [-0.2, -0.15) is 8.42 Å². The van der Waals surface area contributed by atoms with E-state index in [4.69, 9.17) is 4.55 Å². The van der Waals surface area contributed by atoms with Gasteiger partial charge in [0.05, 0.1) is 5.75 Å². The maximum absolute atomic E-state index is 10.5. The Morgan fingerprint density at radius 2 is 1.13 bits per heavy atom. The fourth-order valence-electron chi connectivity index (χ4n) is 1.94. The Kier molecular flexibility index (Phi) is 15.0. The lowest BCUT2D eigenvalue weighted by molar-refractivity contribution is 0.481. The number of unbranched alkanes of at least 4 members (excludes halogenated alkanes) is 4. The smallest absolute Gasteiger partial charge is 0.264 e. The van der Waals surface area contributed by atoms with Gasteiger partial charge in [0, 0.05) is 0 Å². The minimum absolute atomic E-state index is 0.162. The van der Waals surface area contributed by atoms with E-state index in [1.54, 1.807) is 0 Å². The van der Waals surface area contributed by atoms with Gasteiger partial charge in [-0.15, -0.1) is 0 Å². The van der Waals surface area contributed by atoms with Gasteiger partial charge in [0.15, 0.2) is 0 Å². The molecule has 0 rings (SSSR count). The van der Waals surface area contributed by atoms with E-state index in [9.17, 15) is 8.42 Å². The highest BCUT2D eigenvalue weighted by molar-refractivity contribution is 7.85. The van der Waals surface area contributed by atoms with E-state index in [2.05, 4.69) is 43.4 Å². The normalized spacial score (nSPS) is 13.3. The van der Waals surface area contributed by atoms with Crippen LogP contribution in [0.3, 0.4) is 0 Å². The predicted molar refractivity (Wildman–Crippen MR) is 100 cm³/mol. The Balaban J connectivity index is 3.47. The molecule has 0 saturated carbocycles. The zero-order chi connectivity index (χ0) is 17.2. The third-order valence-electron chi connectivity index (χ3n) is 3.23. The summed E-state index contributed by atoms with van der Waals surface area (Å²) in [6, 6.07) is 0. The Morgan fingerprint density at radius 3 is 1.57 bits per heavy atom. The molecule has 0 atom stereocenters. The third kappa shape index (κ3) is 20.9. The van der Waals surface area contributed by atoms with Crippen molar-refractivity contribution in [3.63, 3.8) is 0 Å². The molecule has 0 aliphatic heterocycles. The fraction of sp³-hybridized carbons (Fsp3) is 0.579. The van der Waals surface area contributed by atoms with Gasteiger partial charge in [0.25, 0.3) is 10.1 Å². The van der Waals surface area contributed by atoms with Gasteiger partial charge in [-0.3, -0.25) is 4.55 Å². The van der Waals surface area contributed by atoms with Crippen molar-refractivity contribution in [2.24, 2.45) is 0 Å². The Hall–Kier alpha value is -1.13. The van der Waals surface area contributed by atoms with E-state index in [1.807, 2.05) is 12.2 Å². The molecule has 3 nitrogen and oxygen atoms in total. The van der Waals surface area contributed by atoms with Crippen LogP contribution in [0.25, 0.3) is 0 Å². The Bertz CT molecular complexity index is 471. The van der Waals surface area contributed by atoms with Crippen LogP contribution in [0.5, 0.6) is 0 Å². The average molecular weight is 341 g/mol. The van der Waals surface area contributed by atoms with E-state index in [0.29, 0.717) is 12.8 Å². The first-order valence-corrected chi connectivity index (χ1v) is 10.2. The van der Waals surface area contributed by atoms with Crippen molar-refractivity contribution in [2.45, 2.75) is 64.7 Å². The molecule has 0 amide bonds. The van der Waals surface area contributed by atoms with E-state index < -0.39 is 10.1 Å². The molecule has 23 heavy (non-hydrogen) atoms. The maximum Gasteiger partial charge on any atom is 0.264 e. The summed E-state index contributed by atoms with van der Waals surface area (Å²) >= 11 is 0. The molecule has 0 aromatic rings. The van der Waals surface area contributed by atoms with Gasteiger partial charge >= 0.3 is 0 Å². The first kappa shape index (κ1) is 21.9. The molecule has 0 aliphatic carbocycles. The zero-order valence-electron chi connectivity index (χ0n) is 14.4. The van der Waals surface area contributed by atoms with Crippen LogP contribution < -0.4 is 0 Å². The molecule has 0 aromatic heterocycles. The molecule has 4 heteroatoms. The predicted octanol–water partition coefficient (Wildman–Crippen LogP) is 5.63. The first-order chi connectivity index (χ1) is 11.1. The number of hydrogen-bond acceptors (Lipinski definition) is 2. The standard InChI is InChI=1S/C19H32O3S/c1-2-3-4-5-6-7-8-9-10-11-12-13-14-15-16-17-18-19-23(20,21)22/h6-7,9-10,12-13,15-16H,2-5,8,11,14,17-19H2,1H3,(H,20,21,22)/b7-6-,10-9-,13-12+,16-15-. The topological polar surface area (TPSA) is 54.4 Å². The average Bonchev–Trinajstić information content (AvgIpc) is 2.49. The second-order valence-corrected chi connectivity index (χ2v) is 7.09. The third-order valence-corrected chi connectivity index (χ3v) is 4.04. The minimum atomic E-state index is -3.81. The van der Waals surface area contributed by atoms with Crippen LogP contribution >= 0.6 is 0 Å². The SMILES string of the molecule is CCCCC/C=C\C/C=C\C/C=C/C/C=C\CCCS(=O)(=O)O. The van der Waals surface area contributed by atoms with Gasteiger partial charge in [0.1, 0.15) is 0 Å². The van der Waals surface area contributed by atoms with Crippen LogP contribution in [0.15, 0.2) is 48.6 Å². The number of allylic oxidation sites excluding steroid dienone is 8. The highest BCUT2D eigenvalue weighted by atomic mass is 32.2. The summed E-state index contributed by atoms with van der Waals surface area (Å²) < 4.78 is 29.6. The summed E-state index contributed by atoms with van der Waals surface area (Å²) in [5, 5.41) is 0. The van der Waals surface area contributed by atoms with E-state index in [1.165, 1.54) is 25.7 Å². The molecule has 1 N–H and O–H groups in total. The maximum atomic E-state index is 10.5. The van der Waals surface area contributed by atoms with Crippen molar-refractivity contribution in [1.82, 2.24) is 0 Å². The summed E-state index contributed by atoms with van der Waals surface area (Å²) in [5.41, 5.74) is 0. The Labute approximate surface area is 142 Å². The lowest BCUT2D eigenvalue weighted by Crippen LogP contribution is -2.02. The summed E-state index contributed by atoms with van der Waals surface area (Å²) in [5.74, 6) is -0.162. The molecule has 0 spiro atoms. The summed E-state index contributed by atoms with van der Waals surface area (Å²) in [6.07, 6.45) is 26.1. The molecule has 0 aliphatic rings. The highest BCUT2D eigenvalue weighted by Crippen LogP contribution is 2.01. The number of hydrogen-bond donors (Lipinski definition) is 1. The van der Waals surface area contributed by atoms with Crippen molar-refractivity contribution in [2.75, 3.05) is 5.75 Å². The molecule has 132 valence electrons. The van der Waals surface area contributed by atoms with Crippen LogP contribution in [0.2, 0.25) is 0 Å². The monoisotopic (exact) mass is 340 g/mol. The van der Waals surface area contributed by atoms with Crippen molar-refractivity contribution >= 4 is 10.1 Å². The number of rotatable bonds is 14. The van der Waals surface area contributed by atoms with E-state index in [0.717, 1.165) is 19.3 Å². The highest BCUT2D eigenvalue weighted by Gasteiger charge is 2.01. The Morgan fingerprint density at radius 1 is 0.696 bits per heavy atom. The van der Waals surface area contributed by atoms with Crippen molar-refractivity contribution < 1.29 is 13.0 Å². The second-order valence-electron chi connectivity index (χ2n) is 5.52. The van der Waals surface area contributed by atoms with Crippen LogP contribution in [-0.2, 0) is 10.1 Å². The summed E-state index contributed by atoms with van der Waals surface area (Å²) in [7, 11) is -3.81. The molecule has 0 saturated heterocycles. The quantitative estimate of drug-likeness (QED) is 0.253. The molecule has 0 fully saturated rings. The van der Waals surface area contributed by atoms with Crippen molar-refractivity contribution in [3.8, 4) is 0 Å². The summed E-state index contributed by atoms with van der Waals surface area (Å²) in [6.45, 7) is 2.22. The molecular weight excluding hydrogens is 308 g/mol. The first-order valence-electron chi connectivity index (χ1n) is 8.61. The summed E-state index contributed by atoms with van der Waals surface area (Å²) in [4.78, 5) is 0. The molecule has 0 radical (unpaired) electrons. The largest absolute Gasteiger partial charge is 0.286 e. The second kappa shape index (κ2) is 15.8. The molecular formula is C19H32O3S. The van der Waals surface area contributed by atoms with Gasteiger partial charge < -0.3 is 0 Å². The van der Waals surface area contributed by atoms with E-state index >= 15 is 0 Å². The van der Waals surface area contributed by atoms with Crippen LogP contribution in [0.1, 0.15) is 64.7 Å². The molecule has 0 bridgehead atoms. The van der Waals surface area contributed by atoms with Crippen LogP contribution in [0.4, 0.5) is 0 Å². The van der Waals surface area contributed by atoms with Crippen molar-refractivity contribution in [3.05, 3.63) is 48.6 Å². The molecule has 0 heterocycles. The van der Waals surface area contributed by atoms with Gasteiger partial charge in [0.2, 0.25) is 0 Å². The molecule has 0 unspecified atom stereocenters. The van der Waals surface area contributed by atoms with E-state index in [-0.39, 0.29) is 5.75 Å². The molecule has 0 aromatic carbocycles. The fourth-order valence-corrected chi connectivity index (χ4v) is 2.48. The van der Waals surface area contributed by atoms with Crippen molar-refractivity contribution in [1.29, 1.82) is 0 Å². The lowest BCUT2D eigenvalue weighted by Gasteiger charge is -1.92. The lowest BCUT2D eigenvalue weighted by atomic mass is 10.2. The van der Waals surface area contributed by atoms with Gasteiger partial charge in [-0.25, -0.2) is 0 Å². The minimum Gasteiger partial charge on any atom is -0.286 e. The van der Waals surface area contributed by atoms with Crippen LogP contribution in [-0.4, -0.2) is 18.7 Å². The zero-order valence-corrected chi connectivity index (χ0v) is 15.2. The van der Waals surface area contributed by atoms with Gasteiger partial charge in [-0.05, 0) is 44.9 Å². The van der Waals surface area contributed by atoms with Gasteiger partial charge in [-0.1, -0.05) is 68.4 Å².